The van der Waals surface area contributed by atoms with Gasteiger partial charge in [-0.15, -0.1) is 0 Å². The van der Waals surface area contributed by atoms with E-state index in [0.29, 0.717) is 0 Å². The largest absolute Gasteiger partial charge is 0.330 e. The minimum atomic E-state index is 0.801. The van der Waals surface area contributed by atoms with Gasteiger partial charge in [0.25, 0.3) is 0 Å². The first-order chi connectivity index (χ1) is 10.3. The Bertz CT molecular complexity index is 701. The van der Waals surface area contributed by atoms with Crippen molar-refractivity contribution in [1.29, 1.82) is 0 Å². The van der Waals surface area contributed by atoms with E-state index in [1.54, 1.807) is 0 Å². The van der Waals surface area contributed by atoms with Crippen molar-refractivity contribution in [3.63, 3.8) is 0 Å². The molecule has 1 nitrogen and oxygen atoms in total. The molecule has 0 bridgehead atoms. The molecule has 2 N–H and O–H groups in total. The molecule has 0 radical (unpaired) electrons. The third kappa shape index (κ3) is 2.66. The van der Waals surface area contributed by atoms with Crippen molar-refractivity contribution in [2.24, 2.45) is 5.73 Å². The van der Waals surface area contributed by atoms with Crippen molar-refractivity contribution in [2.75, 3.05) is 6.54 Å². The van der Waals surface area contributed by atoms with Crippen LogP contribution in [0.1, 0.15) is 30.4 Å². The molecule has 3 aromatic carbocycles. The van der Waals surface area contributed by atoms with E-state index < -0.39 is 0 Å². The van der Waals surface area contributed by atoms with Crippen LogP contribution in [0.15, 0.2) is 48.5 Å². The van der Waals surface area contributed by atoms with Crippen molar-refractivity contribution >= 4 is 21.5 Å². The second-order valence-corrected chi connectivity index (χ2v) is 5.79. The quantitative estimate of drug-likeness (QED) is 0.517. The first-order valence-electron chi connectivity index (χ1n) is 7.92. The molecule has 21 heavy (non-hydrogen) atoms. The van der Waals surface area contributed by atoms with Crippen LogP contribution in [0.3, 0.4) is 0 Å². The fourth-order valence-corrected chi connectivity index (χ4v) is 3.33. The van der Waals surface area contributed by atoms with Gasteiger partial charge in [0.2, 0.25) is 0 Å². The molecule has 0 saturated heterocycles. The number of unbranched alkanes of at least 4 members (excludes halogenated alkanes) is 2. The summed E-state index contributed by atoms with van der Waals surface area (Å²) in [6.45, 7) is 3.04. The average molecular weight is 277 g/mol. The van der Waals surface area contributed by atoms with E-state index in [1.165, 1.54) is 45.5 Å². The van der Waals surface area contributed by atoms with E-state index in [2.05, 4.69) is 55.5 Å². The van der Waals surface area contributed by atoms with Crippen molar-refractivity contribution in [1.82, 2.24) is 0 Å². The number of hydrogen-bond donors (Lipinski definition) is 1. The summed E-state index contributed by atoms with van der Waals surface area (Å²) in [4.78, 5) is 0. The second kappa shape index (κ2) is 6.28. The highest BCUT2D eigenvalue weighted by molar-refractivity contribution is 6.05. The van der Waals surface area contributed by atoms with E-state index in [0.717, 1.165) is 19.4 Å². The Hall–Kier alpha value is -1.86. The molecule has 0 unspecified atom stereocenters. The van der Waals surface area contributed by atoms with Gasteiger partial charge in [-0.3, -0.25) is 0 Å². The summed E-state index contributed by atoms with van der Waals surface area (Å²) in [7, 11) is 0. The van der Waals surface area contributed by atoms with Gasteiger partial charge in [-0.2, -0.15) is 0 Å². The maximum absolute atomic E-state index is 5.61. The standard InChI is InChI=1S/C20H23N/c1-15-16-9-4-6-12-18(16)20(11-3-2-8-14-21)19-13-7-5-10-17(15)19/h4-7,9-10,12-13H,2-3,8,11,14,21H2,1H3. The molecule has 0 spiro atoms. The summed E-state index contributed by atoms with van der Waals surface area (Å²) in [5, 5.41) is 5.62. The van der Waals surface area contributed by atoms with Crippen LogP contribution in [0.4, 0.5) is 0 Å². The Morgan fingerprint density at radius 1 is 0.714 bits per heavy atom. The molecule has 0 amide bonds. The van der Waals surface area contributed by atoms with Gasteiger partial charge in [-0.05, 0) is 65.4 Å². The number of rotatable bonds is 5. The SMILES string of the molecule is Cc1c2ccccc2c(CCCCCN)c2ccccc12. The van der Waals surface area contributed by atoms with Gasteiger partial charge in [-0.25, -0.2) is 0 Å². The lowest BCUT2D eigenvalue weighted by Crippen LogP contribution is -1.99. The zero-order valence-corrected chi connectivity index (χ0v) is 12.7. The summed E-state index contributed by atoms with van der Waals surface area (Å²) in [5.41, 5.74) is 8.51. The average Bonchev–Trinajstić information content (AvgIpc) is 2.54. The first-order valence-corrected chi connectivity index (χ1v) is 7.92. The van der Waals surface area contributed by atoms with E-state index in [4.69, 9.17) is 5.73 Å². The molecule has 3 aromatic rings. The Kier molecular flexibility index (Phi) is 4.21. The molecule has 0 atom stereocenters. The number of benzene rings is 3. The van der Waals surface area contributed by atoms with Crippen LogP contribution in [-0.2, 0) is 6.42 Å². The van der Waals surface area contributed by atoms with E-state index in [9.17, 15) is 0 Å². The molecule has 0 aliphatic rings. The summed E-state index contributed by atoms with van der Waals surface area (Å²) >= 11 is 0. The predicted octanol–water partition coefficient (Wildman–Crippen LogP) is 4.97. The molecule has 0 fully saturated rings. The van der Waals surface area contributed by atoms with Gasteiger partial charge in [0.05, 0.1) is 0 Å². The van der Waals surface area contributed by atoms with Gasteiger partial charge in [0, 0.05) is 0 Å². The zero-order chi connectivity index (χ0) is 14.7. The van der Waals surface area contributed by atoms with Gasteiger partial charge < -0.3 is 5.73 Å². The molecule has 1 heteroatoms. The van der Waals surface area contributed by atoms with Gasteiger partial charge in [0.1, 0.15) is 0 Å². The minimum Gasteiger partial charge on any atom is -0.330 e. The summed E-state index contributed by atoms with van der Waals surface area (Å²) in [5.74, 6) is 0. The molecule has 0 heterocycles. The van der Waals surface area contributed by atoms with Gasteiger partial charge in [-0.1, -0.05) is 55.0 Å². The lowest BCUT2D eigenvalue weighted by Gasteiger charge is -2.14. The van der Waals surface area contributed by atoms with Crippen molar-refractivity contribution in [3.8, 4) is 0 Å². The monoisotopic (exact) mass is 277 g/mol. The molecule has 0 saturated carbocycles. The Labute approximate surface area is 126 Å². The molecule has 108 valence electrons. The van der Waals surface area contributed by atoms with Crippen molar-refractivity contribution in [3.05, 3.63) is 59.7 Å². The number of fused-ring (bicyclic) bond motifs is 2. The number of aryl methyl sites for hydroxylation is 2. The van der Waals surface area contributed by atoms with Crippen molar-refractivity contribution in [2.45, 2.75) is 32.6 Å². The lowest BCUT2D eigenvalue weighted by atomic mass is 9.90. The number of hydrogen-bond acceptors (Lipinski definition) is 1. The fraction of sp³-hybridized carbons (Fsp3) is 0.300. The van der Waals surface area contributed by atoms with Crippen LogP contribution in [0.25, 0.3) is 21.5 Å². The maximum Gasteiger partial charge on any atom is -0.00773 e. The molecule has 0 aliphatic carbocycles. The predicted molar refractivity (Wildman–Crippen MR) is 92.8 cm³/mol. The molecule has 3 rings (SSSR count). The van der Waals surface area contributed by atoms with Crippen LogP contribution in [-0.4, -0.2) is 6.54 Å². The summed E-state index contributed by atoms with van der Waals surface area (Å²) < 4.78 is 0. The van der Waals surface area contributed by atoms with Crippen LogP contribution in [0.2, 0.25) is 0 Å². The third-order valence-electron chi connectivity index (χ3n) is 4.44. The van der Waals surface area contributed by atoms with Gasteiger partial charge in [0.15, 0.2) is 0 Å². The highest BCUT2D eigenvalue weighted by Gasteiger charge is 2.10. The Balaban J connectivity index is 2.15. The summed E-state index contributed by atoms with van der Waals surface area (Å²) in [6, 6.07) is 17.6. The normalized spacial score (nSPS) is 11.3. The topological polar surface area (TPSA) is 26.0 Å². The zero-order valence-electron chi connectivity index (χ0n) is 12.7. The first kappa shape index (κ1) is 14.1. The minimum absolute atomic E-state index is 0.801. The van der Waals surface area contributed by atoms with Gasteiger partial charge >= 0.3 is 0 Å². The number of nitrogens with two attached hydrogens (primary N) is 1. The molecular weight excluding hydrogens is 254 g/mol. The molecule has 0 aromatic heterocycles. The Morgan fingerprint density at radius 3 is 1.76 bits per heavy atom. The van der Waals surface area contributed by atoms with E-state index >= 15 is 0 Å². The van der Waals surface area contributed by atoms with Crippen LogP contribution in [0.5, 0.6) is 0 Å². The highest BCUT2D eigenvalue weighted by atomic mass is 14.5. The third-order valence-corrected chi connectivity index (χ3v) is 4.44. The second-order valence-electron chi connectivity index (χ2n) is 5.79. The smallest absolute Gasteiger partial charge is 0.00773 e. The highest BCUT2D eigenvalue weighted by Crippen LogP contribution is 2.33. The Morgan fingerprint density at radius 2 is 1.24 bits per heavy atom. The van der Waals surface area contributed by atoms with E-state index in [-0.39, 0.29) is 0 Å². The van der Waals surface area contributed by atoms with Crippen molar-refractivity contribution < 1.29 is 0 Å². The molecule has 0 aliphatic heterocycles. The lowest BCUT2D eigenvalue weighted by molar-refractivity contribution is 0.690. The summed E-state index contributed by atoms with van der Waals surface area (Å²) in [6.07, 6.45) is 4.70. The molecular formula is C20H23N. The van der Waals surface area contributed by atoms with E-state index in [1.807, 2.05) is 0 Å². The maximum atomic E-state index is 5.61. The fourth-order valence-electron chi connectivity index (χ4n) is 3.33. The van der Waals surface area contributed by atoms with Crippen LogP contribution in [0, 0.1) is 6.92 Å². The van der Waals surface area contributed by atoms with Crippen LogP contribution < -0.4 is 5.73 Å². The van der Waals surface area contributed by atoms with Crippen LogP contribution >= 0.6 is 0 Å².